The first kappa shape index (κ1) is 15.5. The van der Waals surface area contributed by atoms with Crippen LogP contribution < -0.4 is 0 Å². The molecule has 1 aliphatic carbocycles. The summed E-state index contributed by atoms with van der Waals surface area (Å²) in [6.07, 6.45) is 8.48. The molecule has 0 bridgehead atoms. The average molecular weight is 277 g/mol. The molecule has 114 valence electrons. The third-order valence-electron chi connectivity index (χ3n) is 4.95. The molecule has 1 saturated carbocycles. The second-order valence-electron chi connectivity index (χ2n) is 7.87. The number of hydrogen-bond donors (Lipinski definition) is 0. The number of likely N-dealkylation sites (tertiary alicyclic amines) is 1. The van der Waals surface area contributed by atoms with Crippen molar-refractivity contribution in [2.24, 2.45) is 11.3 Å². The predicted octanol–water partition coefficient (Wildman–Crippen LogP) is 4.72. The highest BCUT2D eigenvalue weighted by Crippen LogP contribution is 2.45. The zero-order valence-corrected chi connectivity index (χ0v) is 13.8. The van der Waals surface area contributed by atoms with Crippen molar-refractivity contribution in [3.63, 3.8) is 0 Å². The zero-order valence-electron chi connectivity index (χ0n) is 13.8. The molecule has 1 heterocycles. The van der Waals surface area contributed by atoms with Gasteiger partial charge in [-0.15, -0.1) is 0 Å². The van der Waals surface area contributed by atoms with Gasteiger partial charge in [-0.25, -0.2) is 0 Å². The van der Waals surface area contributed by atoms with Crippen LogP contribution in [0.1, 0.15) is 66.2 Å². The molecule has 1 saturated heterocycles. The van der Waals surface area contributed by atoms with Crippen LogP contribution in [0.15, 0.2) is 18.2 Å². The summed E-state index contributed by atoms with van der Waals surface area (Å²) in [5.41, 5.74) is 3.35. The highest BCUT2D eigenvalue weighted by molar-refractivity contribution is 5.02. The maximum Gasteiger partial charge on any atom is 0.235 e. The summed E-state index contributed by atoms with van der Waals surface area (Å²) in [4.78, 5) is 2.30. The van der Waals surface area contributed by atoms with Gasteiger partial charge in [0.25, 0.3) is 0 Å². The summed E-state index contributed by atoms with van der Waals surface area (Å²) in [6.45, 7) is 14.8. The molecule has 2 aliphatic rings. The molecule has 0 spiro atoms. The highest BCUT2D eigenvalue weighted by atomic mass is 16.5. The lowest BCUT2D eigenvalue weighted by Crippen LogP contribution is -2.53. The molecule has 1 aliphatic heterocycles. The van der Waals surface area contributed by atoms with Gasteiger partial charge >= 0.3 is 0 Å². The van der Waals surface area contributed by atoms with E-state index in [0.717, 1.165) is 24.9 Å². The fourth-order valence-electron chi connectivity index (χ4n) is 3.53. The first-order valence-corrected chi connectivity index (χ1v) is 8.18. The largest absolute Gasteiger partial charge is 0.468 e. The Morgan fingerprint density at radius 1 is 1.15 bits per heavy atom. The van der Waals surface area contributed by atoms with Crippen LogP contribution in [-0.2, 0) is 4.74 Å². The molecule has 0 atom stereocenters. The summed E-state index contributed by atoms with van der Waals surface area (Å²) in [6, 6.07) is 0. The molecule has 0 aromatic rings. The monoisotopic (exact) mass is 277 g/mol. The molecule has 0 unspecified atom stereocenters. The van der Waals surface area contributed by atoms with Crippen LogP contribution in [0.2, 0.25) is 0 Å². The minimum absolute atomic E-state index is 0.169. The molecule has 0 aromatic carbocycles. The Bertz CT molecular complexity index is 373. The number of rotatable bonds is 3. The summed E-state index contributed by atoms with van der Waals surface area (Å²) in [5.74, 6) is 1.65. The minimum atomic E-state index is -0.169. The predicted molar refractivity (Wildman–Crippen MR) is 84.4 cm³/mol. The zero-order chi connectivity index (χ0) is 14.8. The van der Waals surface area contributed by atoms with E-state index in [0.29, 0.717) is 5.41 Å². The lowest BCUT2D eigenvalue weighted by Gasteiger charge is -2.50. The van der Waals surface area contributed by atoms with E-state index in [1.165, 1.54) is 38.5 Å². The highest BCUT2D eigenvalue weighted by Gasteiger charge is 2.43. The van der Waals surface area contributed by atoms with E-state index in [1.54, 1.807) is 0 Å². The lowest BCUT2D eigenvalue weighted by atomic mass is 9.68. The van der Waals surface area contributed by atoms with Crippen LogP contribution in [0.5, 0.6) is 0 Å². The van der Waals surface area contributed by atoms with Gasteiger partial charge in [-0.05, 0) is 44.9 Å². The maximum absolute atomic E-state index is 5.95. The molecule has 20 heavy (non-hydrogen) atoms. The third kappa shape index (κ3) is 3.61. The van der Waals surface area contributed by atoms with E-state index >= 15 is 0 Å². The number of ether oxygens (including phenoxy) is 1. The van der Waals surface area contributed by atoms with Crippen LogP contribution in [0.4, 0.5) is 0 Å². The maximum atomic E-state index is 5.95. The molecule has 0 aromatic heterocycles. The van der Waals surface area contributed by atoms with E-state index in [9.17, 15) is 0 Å². The van der Waals surface area contributed by atoms with E-state index < -0.39 is 0 Å². The first-order chi connectivity index (χ1) is 9.34. The Kier molecular flexibility index (Phi) is 4.54. The van der Waals surface area contributed by atoms with Gasteiger partial charge in [-0.1, -0.05) is 44.9 Å². The molecule has 0 amide bonds. The van der Waals surface area contributed by atoms with Crippen molar-refractivity contribution in [3.8, 4) is 0 Å². The fraction of sp³-hybridized carbons (Fsp3) is 0.833. The van der Waals surface area contributed by atoms with Crippen molar-refractivity contribution in [2.75, 3.05) is 13.1 Å². The Labute approximate surface area is 124 Å². The van der Waals surface area contributed by atoms with Crippen molar-refractivity contribution in [1.82, 2.24) is 4.90 Å². The van der Waals surface area contributed by atoms with Gasteiger partial charge in [0.1, 0.15) is 5.60 Å². The van der Waals surface area contributed by atoms with Crippen LogP contribution in [0, 0.1) is 11.3 Å². The second kappa shape index (κ2) is 5.85. The SMILES string of the molecule is C=C=C(OC(C)(C)C)N1CC(C2(C)CCCCCC2)C1. The molecular weight excluding hydrogens is 246 g/mol. The Balaban J connectivity index is 1.91. The summed E-state index contributed by atoms with van der Waals surface area (Å²) < 4.78 is 5.95. The van der Waals surface area contributed by atoms with E-state index in [2.05, 4.69) is 44.9 Å². The Morgan fingerprint density at radius 2 is 1.70 bits per heavy atom. The van der Waals surface area contributed by atoms with E-state index in [-0.39, 0.29) is 5.60 Å². The molecule has 2 nitrogen and oxygen atoms in total. The summed E-state index contributed by atoms with van der Waals surface area (Å²) in [7, 11) is 0. The summed E-state index contributed by atoms with van der Waals surface area (Å²) >= 11 is 0. The normalized spacial score (nSPS) is 23.5. The van der Waals surface area contributed by atoms with Crippen molar-refractivity contribution in [1.29, 1.82) is 0 Å². The van der Waals surface area contributed by atoms with Crippen molar-refractivity contribution in [3.05, 3.63) is 18.2 Å². The Morgan fingerprint density at radius 3 is 2.15 bits per heavy atom. The first-order valence-electron chi connectivity index (χ1n) is 8.18. The molecule has 2 heteroatoms. The third-order valence-corrected chi connectivity index (χ3v) is 4.95. The standard InChI is InChI=1S/C18H31NO/c1-6-16(20-17(2,3)4)19-13-15(14-19)18(5)11-9-7-8-10-12-18/h15H,1,7-14H2,2-5H3. The van der Waals surface area contributed by atoms with Crippen LogP contribution >= 0.6 is 0 Å². The van der Waals surface area contributed by atoms with Gasteiger partial charge in [0, 0.05) is 13.1 Å². The Hall–Kier alpha value is -0.880. The molecule has 2 fully saturated rings. The lowest BCUT2D eigenvalue weighted by molar-refractivity contribution is -0.0607. The van der Waals surface area contributed by atoms with Crippen LogP contribution in [0.3, 0.4) is 0 Å². The minimum Gasteiger partial charge on any atom is -0.468 e. The molecule has 2 rings (SSSR count). The van der Waals surface area contributed by atoms with Crippen molar-refractivity contribution >= 4 is 0 Å². The van der Waals surface area contributed by atoms with Crippen LogP contribution in [0.25, 0.3) is 0 Å². The topological polar surface area (TPSA) is 12.5 Å². The van der Waals surface area contributed by atoms with E-state index in [4.69, 9.17) is 4.74 Å². The van der Waals surface area contributed by atoms with Gasteiger partial charge in [0.2, 0.25) is 5.88 Å². The second-order valence-corrected chi connectivity index (χ2v) is 7.87. The van der Waals surface area contributed by atoms with E-state index in [1.807, 2.05) is 0 Å². The quantitative estimate of drug-likeness (QED) is 0.420. The van der Waals surface area contributed by atoms with Gasteiger partial charge in [-0.3, -0.25) is 0 Å². The summed E-state index contributed by atoms with van der Waals surface area (Å²) in [5, 5.41) is 0. The van der Waals surface area contributed by atoms with Gasteiger partial charge in [0.15, 0.2) is 0 Å². The molecule has 0 N–H and O–H groups in total. The smallest absolute Gasteiger partial charge is 0.235 e. The number of nitrogens with zero attached hydrogens (tertiary/aromatic N) is 1. The fourth-order valence-corrected chi connectivity index (χ4v) is 3.53. The molecule has 0 radical (unpaired) electrons. The average Bonchev–Trinajstić information content (AvgIpc) is 2.49. The van der Waals surface area contributed by atoms with Crippen molar-refractivity contribution < 1.29 is 4.74 Å². The van der Waals surface area contributed by atoms with Gasteiger partial charge < -0.3 is 9.64 Å². The number of hydrogen-bond acceptors (Lipinski definition) is 2. The van der Waals surface area contributed by atoms with Crippen LogP contribution in [-0.4, -0.2) is 23.6 Å². The van der Waals surface area contributed by atoms with Gasteiger partial charge in [-0.2, -0.15) is 0 Å². The van der Waals surface area contributed by atoms with Gasteiger partial charge in [0.05, 0.1) is 0 Å². The molecular formula is C18H31NO. The van der Waals surface area contributed by atoms with Crippen molar-refractivity contribution in [2.45, 2.75) is 71.8 Å².